The molecule has 41 heavy (non-hydrogen) atoms. The van der Waals surface area contributed by atoms with Crippen molar-refractivity contribution in [3.63, 3.8) is 0 Å². The molecule has 3 N–H and O–H groups in total. The number of nitrogens with one attached hydrogen (secondary N) is 2. The number of carboxylic acids is 1. The lowest BCUT2D eigenvalue weighted by Gasteiger charge is -2.29. The minimum atomic E-state index is -1.28. The van der Waals surface area contributed by atoms with Crippen molar-refractivity contribution in [1.82, 2.24) is 9.88 Å². The number of aryl methyl sites for hydroxylation is 1. The highest BCUT2D eigenvalue weighted by molar-refractivity contribution is 6.08. The van der Waals surface area contributed by atoms with E-state index in [1.807, 2.05) is 31.2 Å². The van der Waals surface area contributed by atoms with E-state index in [0.717, 1.165) is 49.0 Å². The lowest BCUT2D eigenvalue weighted by atomic mass is 9.97. The number of carboxylic acid groups (broad SMARTS) is 1. The first-order valence-corrected chi connectivity index (χ1v) is 13.7. The minimum absolute atomic E-state index is 0.0816. The van der Waals surface area contributed by atoms with Gasteiger partial charge in [0.15, 0.2) is 0 Å². The first-order valence-electron chi connectivity index (χ1n) is 13.7. The van der Waals surface area contributed by atoms with E-state index < -0.39 is 11.6 Å². The van der Waals surface area contributed by atoms with Crippen LogP contribution in [0.5, 0.6) is 5.75 Å². The number of halogens is 1. The third-order valence-electron chi connectivity index (χ3n) is 7.86. The van der Waals surface area contributed by atoms with E-state index in [2.05, 4.69) is 33.4 Å². The number of aromatic nitrogens is 1. The molecule has 2 unspecified atom stereocenters. The van der Waals surface area contributed by atoms with Gasteiger partial charge >= 0.3 is 5.97 Å². The Bertz CT molecular complexity index is 1500. The average Bonchev–Trinajstić information content (AvgIpc) is 3.56. The Hall–Kier alpha value is -4.24. The van der Waals surface area contributed by atoms with Gasteiger partial charge in [0.25, 0.3) is 0 Å². The van der Waals surface area contributed by atoms with Crippen molar-refractivity contribution in [2.45, 2.75) is 45.5 Å². The zero-order valence-corrected chi connectivity index (χ0v) is 23.5. The van der Waals surface area contributed by atoms with Gasteiger partial charge < -0.3 is 25.3 Å². The zero-order chi connectivity index (χ0) is 29.1. The molecule has 2 aliphatic rings. The molecule has 0 bridgehead atoms. The number of aliphatic carboxylic acids is 1. The Morgan fingerprint density at radius 3 is 2.73 bits per heavy atom. The van der Waals surface area contributed by atoms with E-state index in [1.54, 1.807) is 19.1 Å². The van der Waals surface area contributed by atoms with E-state index in [0.29, 0.717) is 30.3 Å². The highest BCUT2D eigenvalue weighted by Gasteiger charge is 2.51. The molecule has 0 spiro atoms. The Labute approximate surface area is 239 Å². The smallest absolute Gasteiger partial charge is 0.342 e. The van der Waals surface area contributed by atoms with Crippen molar-refractivity contribution in [2.75, 3.05) is 25.5 Å². The van der Waals surface area contributed by atoms with Crippen LogP contribution in [0.1, 0.15) is 35.6 Å². The maximum atomic E-state index is 14.0. The number of para-hydroxylation sites is 1. The highest BCUT2D eigenvalue weighted by Crippen LogP contribution is 2.47. The summed E-state index contributed by atoms with van der Waals surface area (Å²) in [4.78, 5) is 18.5. The second kappa shape index (κ2) is 11.7. The number of carbonyl (C=O) groups is 1. The van der Waals surface area contributed by atoms with Crippen molar-refractivity contribution in [1.29, 1.82) is 5.41 Å². The van der Waals surface area contributed by atoms with Crippen molar-refractivity contribution in [3.05, 3.63) is 88.3 Å². The summed E-state index contributed by atoms with van der Waals surface area (Å²) in [6.45, 7) is 6.71. The van der Waals surface area contributed by atoms with Crippen LogP contribution < -0.4 is 10.1 Å². The van der Waals surface area contributed by atoms with Gasteiger partial charge in [-0.15, -0.1) is 0 Å². The fourth-order valence-electron chi connectivity index (χ4n) is 5.32. The molecule has 1 fully saturated rings. The van der Waals surface area contributed by atoms with Gasteiger partial charge in [-0.2, -0.15) is 0 Å². The minimum Gasteiger partial charge on any atom is -0.488 e. The molecule has 9 heteroatoms. The topological polar surface area (TPSA) is 108 Å². The van der Waals surface area contributed by atoms with Crippen LogP contribution in [-0.2, 0) is 29.1 Å². The maximum absolute atomic E-state index is 14.0. The monoisotopic (exact) mass is 558 g/mol. The summed E-state index contributed by atoms with van der Waals surface area (Å²) < 4.78 is 25.6. The van der Waals surface area contributed by atoms with Crippen LogP contribution in [0, 0.1) is 18.3 Å². The molecule has 0 saturated heterocycles. The molecule has 1 saturated carbocycles. The molecule has 0 radical (unpaired) electrons. The summed E-state index contributed by atoms with van der Waals surface area (Å²) in [5, 5.41) is 19.6. The molecule has 1 aliphatic heterocycles. The van der Waals surface area contributed by atoms with Gasteiger partial charge in [0, 0.05) is 37.3 Å². The van der Waals surface area contributed by atoms with Crippen LogP contribution in [0.2, 0.25) is 0 Å². The number of hydrogen-bond acceptors (Lipinski definition) is 7. The number of nitrogens with zero attached hydrogens (tertiary/aromatic N) is 2. The van der Waals surface area contributed by atoms with Crippen LogP contribution in [-0.4, -0.2) is 53.0 Å². The Kier molecular flexibility index (Phi) is 8.08. The summed E-state index contributed by atoms with van der Waals surface area (Å²) in [5.41, 5.74) is 4.79. The summed E-state index contributed by atoms with van der Waals surface area (Å²) in [6.07, 6.45) is 2.33. The second-order valence-corrected chi connectivity index (χ2v) is 10.9. The summed E-state index contributed by atoms with van der Waals surface area (Å²) in [6, 6.07) is 17.7. The number of rotatable bonds is 11. The number of pyridine rings is 1. The molecule has 8 nitrogen and oxygen atoms in total. The normalized spacial score (nSPS) is 20.4. The number of ether oxygens (including phenoxy) is 2. The molecule has 5 rings (SSSR count). The van der Waals surface area contributed by atoms with Gasteiger partial charge in [-0.1, -0.05) is 36.4 Å². The Morgan fingerprint density at radius 1 is 1.24 bits per heavy atom. The lowest BCUT2D eigenvalue weighted by molar-refractivity contribution is -0.132. The molecule has 3 aromatic rings. The quantitative estimate of drug-likeness (QED) is 0.156. The predicted octanol–water partition coefficient (Wildman–Crippen LogP) is 5.75. The maximum Gasteiger partial charge on any atom is 0.342 e. The summed E-state index contributed by atoms with van der Waals surface area (Å²) in [7, 11) is 1.33. The number of anilines is 1. The number of hydrogen-bond donors (Lipinski definition) is 3. The predicted molar refractivity (Wildman–Crippen MR) is 156 cm³/mol. The van der Waals surface area contributed by atoms with Crippen molar-refractivity contribution in [2.24, 2.45) is 5.92 Å². The number of benzene rings is 2. The van der Waals surface area contributed by atoms with E-state index in [4.69, 9.17) is 14.9 Å². The van der Waals surface area contributed by atoms with Crippen LogP contribution in [0.3, 0.4) is 0 Å². The van der Waals surface area contributed by atoms with Gasteiger partial charge in [-0.25, -0.2) is 14.2 Å². The third-order valence-corrected chi connectivity index (χ3v) is 7.86. The standard InChI is InChI=1S/C32H35FN4O4/c1-20-6-4-7-25(27-8-5-9-28(35-27)36-30(40-3)26(16-34)31(38)39)29(20)41-19-21-10-11-23-17-37(13-12-22(23)14-21)18-24-15-32(24,2)33/h4-11,14,16,24,34H,12-13,15,17-19H2,1-3H3,(H,35,36)(H,38,39)/b30-26-,34-16?. The SMILES string of the molecule is CO/C(Nc1cccc(-c2cccc(C)c2OCc2ccc3c(c2)CCN(CC2CC2(C)F)C3)n1)=C(/C=N)C(=O)O. The first-order chi connectivity index (χ1) is 19.7. The Morgan fingerprint density at radius 2 is 2.02 bits per heavy atom. The molecule has 214 valence electrons. The number of alkyl halides is 1. The van der Waals surface area contributed by atoms with Crippen LogP contribution >= 0.6 is 0 Å². The van der Waals surface area contributed by atoms with E-state index >= 15 is 0 Å². The van der Waals surface area contributed by atoms with Crippen LogP contribution in [0.15, 0.2) is 66.1 Å². The zero-order valence-electron chi connectivity index (χ0n) is 23.5. The van der Waals surface area contributed by atoms with E-state index in [9.17, 15) is 14.3 Å². The molecule has 2 heterocycles. The van der Waals surface area contributed by atoms with E-state index in [-0.39, 0.29) is 17.4 Å². The molecule has 1 aromatic heterocycles. The molecule has 2 atom stereocenters. The van der Waals surface area contributed by atoms with Gasteiger partial charge in [0.2, 0.25) is 5.88 Å². The molecular weight excluding hydrogens is 523 g/mol. The average molecular weight is 559 g/mol. The largest absolute Gasteiger partial charge is 0.488 e. The molecule has 1 aliphatic carbocycles. The molecular formula is C32H35FN4O4. The van der Waals surface area contributed by atoms with E-state index in [1.165, 1.54) is 18.2 Å². The van der Waals surface area contributed by atoms with Crippen LogP contribution in [0.25, 0.3) is 11.3 Å². The summed E-state index contributed by atoms with van der Waals surface area (Å²) in [5.74, 6) is -0.116. The van der Waals surface area contributed by atoms with Crippen molar-refractivity contribution >= 4 is 18.0 Å². The van der Waals surface area contributed by atoms with Gasteiger partial charge in [-0.05, 0) is 67.1 Å². The molecule has 2 aromatic carbocycles. The van der Waals surface area contributed by atoms with Crippen molar-refractivity contribution in [3.8, 4) is 17.0 Å². The third kappa shape index (κ3) is 6.41. The number of fused-ring (bicyclic) bond motifs is 1. The van der Waals surface area contributed by atoms with Gasteiger partial charge in [-0.3, -0.25) is 4.90 Å². The second-order valence-electron chi connectivity index (χ2n) is 10.9. The van der Waals surface area contributed by atoms with Gasteiger partial charge in [0.1, 0.15) is 29.4 Å². The summed E-state index contributed by atoms with van der Waals surface area (Å²) >= 11 is 0. The first kappa shape index (κ1) is 28.3. The fraction of sp³-hybridized carbons (Fsp3) is 0.344. The Balaban J connectivity index is 1.31. The molecule has 0 amide bonds. The fourth-order valence-corrected chi connectivity index (χ4v) is 5.32. The lowest BCUT2D eigenvalue weighted by Crippen LogP contribution is -2.33. The van der Waals surface area contributed by atoms with Crippen molar-refractivity contribution < 1.29 is 23.8 Å². The van der Waals surface area contributed by atoms with Gasteiger partial charge in [0.05, 0.1) is 12.8 Å². The number of methoxy groups -OCH3 is 1. The van der Waals surface area contributed by atoms with Crippen LogP contribution in [0.4, 0.5) is 10.2 Å². The highest BCUT2D eigenvalue weighted by atomic mass is 19.1.